The van der Waals surface area contributed by atoms with Crippen molar-refractivity contribution in [1.82, 2.24) is 20.9 Å². The van der Waals surface area contributed by atoms with Crippen LogP contribution in [0.25, 0.3) is 10.9 Å². The van der Waals surface area contributed by atoms with Crippen molar-refractivity contribution in [3.8, 4) is 5.75 Å². The van der Waals surface area contributed by atoms with E-state index >= 15 is 0 Å². The smallest absolute Gasteiger partial charge is 0.328 e. The molecule has 13 nitrogen and oxygen atoms in total. The van der Waals surface area contributed by atoms with Crippen molar-refractivity contribution in [3.05, 3.63) is 65.9 Å². The molecular formula is C27H33N5O8. The first-order chi connectivity index (χ1) is 19.0. The summed E-state index contributed by atoms with van der Waals surface area (Å²) in [4.78, 5) is 53.5. The number of carboxylic acid groups (broad SMARTS) is 1. The number of benzene rings is 2. The summed E-state index contributed by atoms with van der Waals surface area (Å²) in [7, 11) is 0. The van der Waals surface area contributed by atoms with Gasteiger partial charge in [0.05, 0.1) is 18.8 Å². The van der Waals surface area contributed by atoms with Gasteiger partial charge in [0, 0.05) is 23.5 Å². The van der Waals surface area contributed by atoms with Gasteiger partial charge >= 0.3 is 5.97 Å². The first kappa shape index (κ1) is 30.1. The zero-order chi connectivity index (χ0) is 29.4. The molecule has 3 amide bonds. The Morgan fingerprint density at radius 3 is 2.17 bits per heavy atom. The number of carbonyl (C=O) groups is 4. The van der Waals surface area contributed by atoms with Gasteiger partial charge in [-0.2, -0.15) is 0 Å². The number of phenolic OH excluding ortho intramolecular Hbond substituents is 1. The molecule has 10 N–H and O–H groups in total. The standard InChI is InChI=1S/C27H33N5O8/c1-14(34)23(32-24(36)19(28)10-15-6-8-17(35)9-7-15)26(38)30-21(25(37)31-22(13-33)27(39)40)11-16-12-29-20-5-3-2-4-18(16)20/h2-9,12,14,19,21-23,29,33-35H,10-11,13,28H2,1H3,(H,30,38)(H,31,37)(H,32,36)(H,39,40). The number of hydrogen-bond acceptors (Lipinski definition) is 8. The zero-order valence-electron chi connectivity index (χ0n) is 21.7. The number of aromatic amines is 1. The van der Waals surface area contributed by atoms with E-state index in [1.165, 1.54) is 19.1 Å². The molecule has 0 aliphatic rings. The first-order valence-corrected chi connectivity index (χ1v) is 12.5. The van der Waals surface area contributed by atoms with E-state index in [9.17, 15) is 39.6 Å². The number of aromatic nitrogens is 1. The van der Waals surface area contributed by atoms with Crippen molar-refractivity contribution >= 4 is 34.6 Å². The largest absolute Gasteiger partial charge is 0.508 e. The highest BCUT2D eigenvalue weighted by Crippen LogP contribution is 2.19. The number of hydrogen-bond donors (Lipinski definition) is 9. The van der Waals surface area contributed by atoms with Crippen LogP contribution < -0.4 is 21.7 Å². The molecule has 0 aliphatic carbocycles. The number of nitrogens with one attached hydrogen (secondary N) is 4. The lowest BCUT2D eigenvalue weighted by molar-refractivity contribution is -0.143. The lowest BCUT2D eigenvalue weighted by atomic mass is 10.0. The summed E-state index contributed by atoms with van der Waals surface area (Å²) in [6.45, 7) is 0.400. The van der Waals surface area contributed by atoms with Crippen LogP contribution in [0.4, 0.5) is 0 Å². The molecular weight excluding hydrogens is 522 g/mol. The number of carbonyl (C=O) groups excluding carboxylic acids is 3. The summed E-state index contributed by atoms with van der Waals surface area (Å²) in [5, 5.41) is 46.1. The minimum absolute atomic E-state index is 0.0486. The molecule has 214 valence electrons. The number of H-pyrrole nitrogens is 1. The number of carboxylic acids is 1. The summed E-state index contributed by atoms with van der Waals surface area (Å²) in [6.07, 6.45) is 0.281. The molecule has 3 aromatic rings. The van der Waals surface area contributed by atoms with Gasteiger partial charge in [-0.1, -0.05) is 30.3 Å². The molecule has 0 saturated carbocycles. The minimum atomic E-state index is -1.61. The molecule has 1 heterocycles. The number of aliphatic hydroxyl groups is 2. The topological polar surface area (TPSA) is 227 Å². The van der Waals surface area contributed by atoms with Gasteiger partial charge in [0.1, 0.15) is 23.9 Å². The van der Waals surface area contributed by atoms with Gasteiger partial charge < -0.3 is 47.1 Å². The van der Waals surface area contributed by atoms with Crippen molar-refractivity contribution in [1.29, 1.82) is 0 Å². The zero-order valence-corrected chi connectivity index (χ0v) is 21.7. The number of nitrogens with two attached hydrogens (primary N) is 1. The van der Waals surface area contributed by atoms with Crippen molar-refractivity contribution in [3.63, 3.8) is 0 Å². The van der Waals surface area contributed by atoms with Gasteiger partial charge in [0.15, 0.2) is 0 Å². The normalized spacial score (nSPS) is 14.9. The van der Waals surface area contributed by atoms with E-state index in [2.05, 4.69) is 20.9 Å². The molecule has 0 fully saturated rings. The molecule has 0 spiro atoms. The Hall–Kier alpha value is -4.46. The van der Waals surface area contributed by atoms with Gasteiger partial charge in [-0.25, -0.2) is 4.79 Å². The van der Waals surface area contributed by atoms with E-state index in [0.717, 1.165) is 10.9 Å². The number of rotatable bonds is 13. The molecule has 3 rings (SSSR count). The monoisotopic (exact) mass is 555 g/mol. The average Bonchev–Trinajstić information content (AvgIpc) is 3.33. The van der Waals surface area contributed by atoms with Crippen molar-refractivity contribution in [2.24, 2.45) is 5.73 Å². The summed E-state index contributed by atoms with van der Waals surface area (Å²) >= 11 is 0. The van der Waals surface area contributed by atoms with Crippen LogP contribution >= 0.6 is 0 Å². The molecule has 2 aromatic carbocycles. The highest BCUT2D eigenvalue weighted by molar-refractivity contribution is 5.95. The predicted molar refractivity (Wildman–Crippen MR) is 144 cm³/mol. The van der Waals surface area contributed by atoms with Gasteiger partial charge in [0.25, 0.3) is 0 Å². The molecule has 1 aromatic heterocycles. The van der Waals surface area contributed by atoms with Crippen LogP contribution in [0.5, 0.6) is 5.75 Å². The number of para-hydroxylation sites is 1. The van der Waals surface area contributed by atoms with Crippen LogP contribution in [0.2, 0.25) is 0 Å². The molecule has 5 unspecified atom stereocenters. The van der Waals surface area contributed by atoms with E-state index in [1.54, 1.807) is 30.5 Å². The molecule has 13 heteroatoms. The van der Waals surface area contributed by atoms with Crippen LogP contribution in [0.15, 0.2) is 54.7 Å². The molecule has 0 bridgehead atoms. The molecule has 40 heavy (non-hydrogen) atoms. The maximum Gasteiger partial charge on any atom is 0.328 e. The third-order valence-electron chi connectivity index (χ3n) is 6.32. The van der Waals surface area contributed by atoms with Gasteiger partial charge in [-0.05, 0) is 42.7 Å². The number of phenols is 1. The predicted octanol–water partition coefficient (Wildman–Crippen LogP) is -1.10. The second kappa shape index (κ2) is 13.6. The second-order valence-electron chi connectivity index (χ2n) is 9.41. The molecule has 0 aliphatic heterocycles. The Morgan fingerprint density at radius 2 is 1.55 bits per heavy atom. The van der Waals surface area contributed by atoms with Gasteiger partial charge in [-0.15, -0.1) is 0 Å². The first-order valence-electron chi connectivity index (χ1n) is 12.5. The van der Waals surface area contributed by atoms with E-state index in [4.69, 9.17) is 5.73 Å². The Labute approximate surface area is 229 Å². The van der Waals surface area contributed by atoms with E-state index in [-0.39, 0.29) is 18.6 Å². The number of amides is 3. The van der Waals surface area contributed by atoms with Crippen LogP contribution in [-0.2, 0) is 32.0 Å². The summed E-state index contributed by atoms with van der Waals surface area (Å²) in [6, 6.07) is 7.76. The SMILES string of the molecule is CC(O)C(NC(=O)C(N)Cc1ccc(O)cc1)C(=O)NC(Cc1c[nH]c2ccccc12)C(=O)NC(CO)C(=O)O. The third kappa shape index (κ3) is 7.79. The summed E-state index contributed by atoms with van der Waals surface area (Å²) in [5.74, 6) is -3.95. The lowest BCUT2D eigenvalue weighted by Crippen LogP contribution is -2.60. The van der Waals surface area contributed by atoms with E-state index in [1.807, 2.05) is 12.1 Å². The average molecular weight is 556 g/mol. The Balaban J connectivity index is 1.77. The van der Waals surface area contributed by atoms with E-state index < -0.39 is 60.6 Å². The van der Waals surface area contributed by atoms with Gasteiger partial charge in [-0.3, -0.25) is 14.4 Å². The second-order valence-corrected chi connectivity index (χ2v) is 9.41. The number of fused-ring (bicyclic) bond motifs is 1. The quantitative estimate of drug-likeness (QED) is 0.124. The Kier molecular flexibility index (Phi) is 10.2. The van der Waals surface area contributed by atoms with Crippen LogP contribution in [-0.4, -0.2) is 86.0 Å². The number of aromatic hydroxyl groups is 1. The lowest BCUT2D eigenvalue weighted by Gasteiger charge is -2.26. The molecule has 5 atom stereocenters. The minimum Gasteiger partial charge on any atom is -0.508 e. The Bertz CT molecular complexity index is 1340. The van der Waals surface area contributed by atoms with Crippen LogP contribution in [0, 0.1) is 0 Å². The van der Waals surface area contributed by atoms with Crippen molar-refractivity contribution < 1.29 is 39.6 Å². The fourth-order valence-electron chi connectivity index (χ4n) is 4.09. The van der Waals surface area contributed by atoms with Crippen LogP contribution in [0.1, 0.15) is 18.1 Å². The highest BCUT2D eigenvalue weighted by Gasteiger charge is 2.33. The number of aliphatic carboxylic acids is 1. The molecule has 0 saturated heterocycles. The maximum absolute atomic E-state index is 13.2. The summed E-state index contributed by atoms with van der Waals surface area (Å²) in [5.41, 5.74) is 8.07. The summed E-state index contributed by atoms with van der Waals surface area (Å²) < 4.78 is 0. The third-order valence-corrected chi connectivity index (χ3v) is 6.32. The maximum atomic E-state index is 13.2. The fraction of sp³-hybridized carbons (Fsp3) is 0.333. The van der Waals surface area contributed by atoms with E-state index in [0.29, 0.717) is 11.1 Å². The highest BCUT2D eigenvalue weighted by atomic mass is 16.4. The van der Waals surface area contributed by atoms with Crippen molar-refractivity contribution in [2.45, 2.75) is 50.0 Å². The van der Waals surface area contributed by atoms with Gasteiger partial charge in [0.2, 0.25) is 17.7 Å². The van der Waals surface area contributed by atoms with Crippen molar-refractivity contribution in [2.75, 3.05) is 6.61 Å². The fourth-order valence-corrected chi connectivity index (χ4v) is 4.09. The van der Waals surface area contributed by atoms with Crippen LogP contribution in [0.3, 0.4) is 0 Å². The Morgan fingerprint density at radius 1 is 0.900 bits per heavy atom. The number of aliphatic hydroxyl groups excluding tert-OH is 2. The molecule has 0 radical (unpaired) electrons.